The molecule has 138 valence electrons. The van der Waals surface area contributed by atoms with Crippen molar-refractivity contribution in [3.8, 4) is 5.75 Å². The lowest BCUT2D eigenvalue weighted by molar-refractivity contribution is 0.183. The Kier molecular flexibility index (Phi) is 5.35. The van der Waals surface area contributed by atoms with Crippen molar-refractivity contribution in [1.82, 2.24) is 10.2 Å². The van der Waals surface area contributed by atoms with Crippen LogP contribution in [0.25, 0.3) is 0 Å². The van der Waals surface area contributed by atoms with Crippen molar-refractivity contribution in [2.45, 2.75) is 19.4 Å². The molecule has 3 rings (SSSR count). The summed E-state index contributed by atoms with van der Waals surface area (Å²) in [5, 5.41) is 3.16. The zero-order valence-corrected chi connectivity index (χ0v) is 15.7. The Bertz CT molecular complexity index is 721. The number of nitrogens with one attached hydrogen (secondary N) is 1. The average molecular weight is 353 g/mol. The minimum absolute atomic E-state index is 0.0153. The van der Waals surface area contributed by atoms with E-state index in [4.69, 9.17) is 4.74 Å². The molecule has 0 radical (unpaired) electrons. The molecular weight excluding hydrogens is 326 g/mol. The molecule has 0 unspecified atom stereocenters. The van der Waals surface area contributed by atoms with E-state index >= 15 is 0 Å². The third kappa shape index (κ3) is 4.10. The summed E-state index contributed by atoms with van der Waals surface area (Å²) < 4.78 is 5.20. The number of hydrogen-bond donors (Lipinski definition) is 1. The summed E-state index contributed by atoms with van der Waals surface area (Å²) in [5.74, 6) is 0.813. The summed E-state index contributed by atoms with van der Waals surface area (Å²) in [7, 11) is 1.65. The van der Waals surface area contributed by atoms with E-state index in [1.807, 2.05) is 61.2 Å². The van der Waals surface area contributed by atoms with Crippen LogP contribution in [-0.2, 0) is 5.54 Å². The van der Waals surface area contributed by atoms with Gasteiger partial charge >= 0.3 is 6.03 Å². The van der Waals surface area contributed by atoms with Gasteiger partial charge in [0.05, 0.1) is 12.6 Å². The Balaban J connectivity index is 1.58. The number of benzene rings is 2. The van der Waals surface area contributed by atoms with Gasteiger partial charge in [0, 0.05) is 31.9 Å². The second kappa shape index (κ2) is 7.68. The van der Waals surface area contributed by atoms with Gasteiger partial charge in [-0.25, -0.2) is 4.79 Å². The SMILES string of the molecule is COc1ccc(C(C)(C)NC(=O)N2CCN(c3ccccc3)CC2)cc1. The third-order valence-corrected chi connectivity index (χ3v) is 4.92. The molecule has 26 heavy (non-hydrogen) atoms. The molecule has 2 aromatic carbocycles. The Morgan fingerprint density at radius 1 is 0.962 bits per heavy atom. The molecule has 0 aromatic heterocycles. The monoisotopic (exact) mass is 353 g/mol. The van der Waals surface area contributed by atoms with Crippen LogP contribution in [0.2, 0.25) is 0 Å². The maximum Gasteiger partial charge on any atom is 0.318 e. The molecule has 1 fully saturated rings. The second-order valence-corrected chi connectivity index (χ2v) is 7.09. The van der Waals surface area contributed by atoms with Crippen LogP contribution in [0.3, 0.4) is 0 Å². The van der Waals surface area contributed by atoms with Crippen molar-refractivity contribution in [2.75, 3.05) is 38.2 Å². The zero-order chi connectivity index (χ0) is 18.6. The smallest absolute Gasteiger partial charge is 0.318 e. The molecule has 1 saturated heterocycles. The Labute approximate surface area is 155 Å². The first kappa shape index (κ1) is 18.1. The quantitative estimate of drug-likeness (QED) is 0.915. The summed E-state index contributed by atoms with van der Waals surface area (Å²) in [6, 6.07) is 18.2. The predicted molar refractivity (Wildman–Crippen MR) is 105 cm³/mol. The lowest BCUT2D eigenvalue weighted by atomic mass is 9.94. The van der Waals surface area contributed by atoms with Gasteiger partial charge in [-0.05, 0) is 43.7 Å². The fourth-order valence-corrected chi connectivity index (χ4v) is 3.23. The molecule has 0 atom stereocenters. The molecule has 1 aliphatic heterocycles. The first-order chi connectivity index (χ1) is 12.5. The van der Waals surface area contributed by atoms with Gasteiger partial charge < -0.3 is 19.9 Å². The number of para-hydroxylation sites is 1. The standard InChI is InChI=1S/C21H27N3O2/c1-21(2,17-9-11-19(26-3)12-10-17)22-20(25)24-15-13-23(14-16-24)18-7-5-4-6-8-18/h4-12H,13-16H2,1-3H3,(H,22,25). The van der Waals surface area contributed by atoms with Crippen molar-refractivity contribution in [3.05, 3.63) is 60.2 Å². The molecule has 5 heteroatoms. The van der Waals surface area contributed by atoms with Crippen LogP contribution in [0.1, 0.15) is 19.4 Å². The maximum absolute atomic E-state index is 12.7. The summed E-state index contributed by atoms with van der Waals surface area (Å²) in [5.41, 5.74) is 1.82. The van der Waals surface area contributed by atoms with E-state index in [2.05, 4.69) is 22.3 Å². The van der Waals surface area contributed by atoms with Gasteiger partial charge in [0.15, 0.2) is 0 Å². The summed E-state index contributed by atoms with van der Waals surface area (Å²) in [4.78, 5) is 16.9. The van der Waals surface area contributed by atoms with E-state index in [-0.39, 0.29) is 6.03 Å². The minimum Gasteiger partial charge on any atom is -0.497 e. The van der Waals surface area contributed by atoms with Gasteiger partial charge in [0.2, 0.25) is 0 Å². The van der Waals surface area contributed by atoms with E-state index in [9.17, 15) is 4.79 Å². The van der Waals surface area contributed by atoms with E-state index < -0.39 is 5.54 Å². The third-order valence-electron chi connectivity index (χ3n) is 4.92. The lowest BCUT2D eigenvalue weighted by Gasteiger charge is -2.38. The number of rotatable bonds is 4. The van der Waals surface area contributed by atoms with Crippen LogP contribution in [0.15, 0.2) is 54.6 Å². The molecule has 0 spiro atoms. The van der Waals surface area contributed by atoms with E-state index in [1.54, 1.807) is 7.11 Å². The van der Waals surface area contributed by atoms with Crippen LogP contribution in [0.4, 0.5) is 10.5 Å². The Hall–Kier alpha value is -2.69. The van der Waals surface area contributed by atoms with Crippen LogP contribution in [-0.4, -0.2) is 44.2 Å². The number of anilines is 1. The molecular formula is C21H27N3O2. The summed E-state index contributed by atoms with van der Waals surface area (Å²) in [6.07, 6.45) is 0. The molecule has 5 nitrogen and oxygen atoms in total. The van der Waals surface area contributed by atoms with Gasteiger partial charge in [0.1, 0.15) is 5.75 Å². The molecule has 0 bridgehead atoms. The van der Waals surface area contributed by atoms with Crippen LogP contribution >= 0.6 is 0 Å². The van der Waals surface area contributed by atoms with Crippen molar-refractivity contribution in [2.24, 2.45) is 0 Å². The van der Waals surface area contributed by atoms with Crippen LogP contribution < -0.4 is 15.0 Å². The number of hydrogen-bond acceptors (Lipinski definition) is 3. The fourth-order valence-electron chi connectivity index (χ4n) is 3.23. The molecule has 0 saturated carbocycles. The molecule has 2 aromatic rings. The van der Waals surface area contributed by atoms with Crippen molar-refractivity contribution in [1.29, 1.82) is 0 Å². The largest absolute Gasteiger partial charge is 0.497 e. The highest BCUT2D eigenvalue weighted by molar-refractivity contribution is 5.75. The van der Waals surface area contributed by atoms with Gasteiger partial charge in [-0.1, -0.05) is 30.3 Å². The highest BCUT2D eigenvalue weighted by Crippen LogP contribution is 2.23. The number of nitrogens with zero attached hydrogens (tertiary/aromatic N) is 2. The zero-order valence-electron chi connectivity index (χ0n) is 15.7. The topological polar surface area (TPSA) is 44.8 Å². The van der Waals surface area contributed by atoms with E-state index in [1.165, 1.54) is 5.69 Å². The molecule has 0 aliphatic carbocycles. The number of carbonyl (C=O) groups excluding carboxylic acids is 1. The normalized spacial score (nSPS) is 14.9. The predicted octanol–water partition coefficient (Wildman–Crippen LogP) is 3.46. The van der Waals surface area contributed by atoms with Gasteiger partial charge in [-0.2, -0.15) is 0 Å². The number of piperazine rings is 1. The fraction of sp³-hybridized carbons (Fsp3) is 0.381. The van der Waals surface area contributed by atoms with Gasteiger partial charge in [-0.3, -0.25) is 0 Å². The number of carbonyl (C=O) groups is 1. The van der Waals surface area contributed by atoms with E-state index in [0.717, 1.165) is 37.5 Å². The molecule has 2 amide bonds. The molecule has 1 heterocycles. The Morgan fingerprint density at radius 2 is 1.58 bits per heavy atom. The van der Waals surface area contributed by atoms with Gasteiger partial charge in [0.25, 0.3) is 0 Å². The minimum atomic E-state index is -0.445. The van der Waals surface area contributed by atoms with Gasteiger partial charge in [-0.15, -0.1) is 0 Å². The van der Waals surface area contributed by atoms with Crippen LogP contribution in [0, 0.1) is 0 Å². The highest BCUT2D eigenvalue weighted by Gasteiger charge is 2.27. The first-order valence-corrected chi connectivity index (χ1v) is 9.01. The molecule has 1 aliphatic rings. The number of methoxy groups -OCH3 is 1. The van der Waals surface area contributed by atoms with Crippen molar-refractivity contribution >= 4 is 11.7 Å². The first-order valence-electron chi connectivity index (χ1n) is 9.01. The summed E-state index contributed by atoms with van der Waals surface area (Å²) in [6.45, 7) is 7.18. The number of urea groups is 1. The highest BCUT2D eigenvalue weighted by atomic mass is 16.5. The second-order valence-electron chi connectivity index (χ2n) is 7.09. The summed E-state index contributed by atoms with van der Waals surface area (Å²) >= 11 is 0. The number of ether oxygens (including phenoxy) is 1. The Morgan fingerprint density at radius 3 is 2.15 bits per heavy atom. The number of amides is 2. The van der Waals surface area contributed by atoms with E-state index in [0.29, 0.717) is 0 Å². The van der Waals surface area contributed by atoms with Crippen molar-refractivity contribution < 1.29 is 9.53 Å². The maximum atomic E-state index is 12.7. The molecule has 1 N–H and O–H groups in total. The van der Waals surface area contributed by atoms with Crippen molar-refractivity contribution in [3.63, 3.8) is 0 Å². The van der Waals surface area contributed by atoms with Crippen LogP contribution in [0.5, 0.6) is 5.75 Å². The lowest BCUT2D eigenvalue weighted by Crippen LogP contribution is -2.55. The average Bonchev–Trinajstić information content (AvgIpc) is 2.68.